The van der Waals surface area contributed by atoms with Gasteiger partial charge in [0.05, 0.1) is 13.7 Å². The van der Waals surface area contributed by atoms with Gasteiger partial charge in [0.2, 0.25) is 0 Å². The predicted octanol–water partition coefficient (Wildman–Crippen LogP) is 2.66. The van der Waals surface area contributed by atoms with E-state index in [2.05, 4.69) is 36.4 Å². The molecule has 0 unspecified atom stereocenters. The number of hydrogen-bond acceptors (Lipinski definition) is 3. The maximum Gasteiger partial charge on any atom is 0.191 e. The van der Waals surface area contributed by atoms with E-state index < -0.39 is 0 Å². The van der Waals surface area contributed by atoms with Gasteiger partial charge in [0.25, 0.3) is 0 Å². The van der Waals surface area contributed by atoms with Crippen molar-refractivity contribution < 1.29 is 9.47 Å². The second-order valence-corrected chi connectivity index (χ2v) is 5.40. The molecule has 0 atom stereocenters. The van der Waals surface area contributed by atoms with Gasteiger partial charge in [-0.1, -0.05) is 0 Å². The molecule has 0 saturated carbocycles. The number of aliphatic imine (C=N–C) groups is 1. The Morgan fingerprint density at radius 1 is 1.14 bits per heavy atom. The molecule has 0 aliphatic carbocycles. The molecule has 120 valence electrons. The Hall–Kier alpha value is -1.18. The molecule has 2 N–H and O–H groups in total. The molecule has 0 fully saturated rings. The first-order chi connectivity index (χ1) is 9.44. The Kier molecular flexibility index (Phi) is 9.16. The fourth-order valence-electron chi connectivity index (χ4n) is 1.54. The summed E-state index contributed by atoms with van der Waals surface area (Å²) < 4.78 is 10.7. The highest BCUT2D eigenvalue weighted by atomic mass is 127. The number of methoxy groups -OCH3 is 1. The van der Waals surface area contributed by atoms with Gasteiger partial charge in [0.1, 0.15) is 18.1 Å². The van der Waals surface area contributed by atoms with Crippen LogP contribution in [0.2, 0.25) is 0 Å². The minimum Gasteiger partial charge on any atom is -0.497 e. The van der Waals surface area contributed by atoms with E-state index in [1.165, 1.54) is 0 Å². The van der Waals surface area contributed by atoms with E-state index in [4.69, 9.17) is 9.47 Å². The Labute approximate surface area is 144 Å². The lowest BCUT2D eigenvalue weighted by Gasteiger charge is -2.23. The van der Waals surface area contributed by atoms with Crippen molar-refractivity contribution in [1.82, 2.24) is 10.6 Å². The zero-order chi connectivity index (χ0) is 15.0. The van der Waals surface area contributed by atoms with Gasteiger partial charge in [0.15, 0.2) is 5.96 Å². The summed E-state index contributed by atoms with van der Waals surface area (Å²) in [5.41, 5.74) is -0.0152. The molecule has 0 radical (unpaired) electrons. The summed E-state index contributed by atoms with van der Waals surface area (Å²) in [6.07, 6.45) is 0. The third-order valence-corrected chi connectivity index (χ3v) is 2.44. The van der Waals surface area contributed by atoms with Crippen LogP contribution in [0.1, 0.15) is 20.8 Å². The molecule has 1 aromatic carbocycles. The Morgan fingerprint density at radius 2 is 1.71 bits per heavy atom. The summed E-state index contributed by atoms with van der Waals surface area (Å²) in [6, 6.07) is 7.54. The van der Waals surface area contributed by atoms with Gasteiger partial charge in [-0.05, 0) is 45.0 Å². The quantitative estimate of drug-likeness (QED) is 0.341. The number of halogens is 1. The summed E-state index contributed by atoms with van der Waals surface area (Å²) in [7, 11) is 3.40. The van der Waals surface area contributed by atoms with E-state index in [0.29, 0.717) is 13.2 Å². The monoisotopic (exact) mass is 407 g/mol. The van der Waals surface area contributed by atoms with Crippen molar-refractivity contribution in [2.24, 2.45) is 4.99 Å². The minimum absolute atomic E-state index is 0. The molecule has 1 rings (SSSR count). The standard InChI is InChI=1S/C15H25N3O2.HI/c1-15(2,3)18-14(16-4)17-10-11-20-13-8-6-12(19-5)7-9-13;/h6-9H,10-11H2,1-5H3,(H2,16,17,18);1H. The van der Waals surface area contributed by atoms with Crippen molar-refractivity contribution in [3.8, 4) is 11.5 Å². The first-order valence-electron chi connectivity index (χ1n) is 6.70. The Bertz CT molecular complexity index is 428. The van der Waals surface area contributed by atoms with Crippen molar-refractivity contribution in [2.45, 2.75) is 26.3 Å². The lowest BCUT2D eigenvalue weighted by molar-refractivity contribution is 0.320. The molecule has 0 amide bonds. The molecule has 0 aliphatic heterocycles. The molecule has 0 aliphatic rings. The van der Waals surface area contributed by atoms with Crippen molar-refractivity contribution in [2.75, 3.05) is 27.3 Å². The zero-order valence-corrected chi connectivity index (χ0v) is 15.7. The van der Waals surface area contributed by atoms with E-state index in [-0.39, 0.29) is 29.5 Å². The van der Waals surface area contributed by atoms with Crippen LogP contribution in [0.25, 0.3) is 0 Å². The fourth-order valence-corrected chi connectivity index (χ4v) is 1.54. The summed E-state index contributed by atoms with van der Waals surface area (Å²) in [6.45, 7) is 7.52. The van der Waals surface area contributed by atoms with E-state index in [1.54, 1.807) is 14.2 Å². The number of ether oxygens (including phenoxy) is 2. The normalized spacial score (nSPS) is 11.4. The number of guanidine groups is 1. The van der Waals surface area contributed by atoms with Gasteiger partial charge in [-0.25, -0.2) is 0 Å². The van der Waals surface area contributed by atoms with Crippen LogP contribution in [-0.2, 0) is 0 Å². The molecule has 1 aromatic rings. The van der Waals surface area contributed by atoms with Gasteiger partial charge in [-0.2, -0.15) is 0 Å². The average Bonchev–Trinajstić information content (AvgIpc) is 2.41. The van der Waals surface area contributed by atoms with E-state index in [0.717, 1.165) is 17.5 Å². The fraction of sp³-hybridized carbons (Fsp3) is 0.533. The second kappa shape index (κ2) is 9.70. The van der Waals surface area contributed by atoms with Crippen LogP contribution in [-0.4, -0.2) is 38.8 Å². The van der Waals surface area contributed by atoms with Crippen molar-refractivity contribution in [3.63, 3.8) is 0 Å². The van der Waals surface area contributed by atoms with Crippen molar-refractivity contribution in [3.05, 3.63) is 24.3 Å². The van der Waals surface area contributed by atoms with Crippen LogP contribution >= 0.6 is 24.0 Å². The predicted molar refractivity (Wildman–Crippen MR) is 98.2 cm³/mol. The lowest BCUT2D eigenvalue weighted by Crippen LogP contribution is -2.48. The third kappa shape index (κ3) is 8.64. The van der Waals surface area contributed by atoms with Crippen LogP contribution in [0.4, 0.5) is 0 Å². The topological polar surface area (TPSA) is 54.9 Å². The summed E-state index contributed by atoms with van der Waals surface area (Å²) in [4.78, 5) is 4.16. The molecule has 6 heteroatoms. The maximum absolute atomic E-state index is 5.63. The van der Waals surface area contributed by atoms with Crippen molar-refractivity contribution in [1.29, 1.82) is 0 Å². The minimum atomic E-state index is -0.0152. The molecule has 0 saturated heterocycles. The first kappa shape index (κ1) is 19.8. The van der Waals surface area contributed by atoms with Crippen LogP contribution in [0.5, 0.6) is 11.5 Å². The lowest BCUT2D eigenvalue weighted by atomic mass is 10.1. The van der Waals surface area contributed by atoms with E-state index in [1.807, 2.05) is 24.3 Å². The largest absolute Gasteiger partial charge is 0.497 e. The average molecular weight is 407 g/mol. The highest BCUT2D eigenvalue weighted by Crippen LogP contribution is 2.16. The molecule has 5 nitrogen and oxygen atoms in total. The molecular formula is C15H26IN3O2. The zero-order valence-electron chi connectivity index (χ0n) is 13.4. The smallest absolute Gasteiger partial charge is 0.191 e. The number of nitrogens with zero attached hydrogens (tertiary/aromatic N) is 1. The maximum atomic E-state index is 5.63. The van der Waals surface area contributed by atoms with E-state index >= 15 is 0 Å². The second-order valence-electron chi connectivity index (χ2n) is 5.40. The third-order valence-electron chi connectivity index (χ3n) is 2.44. The summed E-state index contributed by atoms with van der Waals surface area (Å²) >= 11 is 0. The molecular weight excluding hydrogens is 381 g/mol. The highest BCUT2D eigenvalue weighted by Gasteiger charge is 2.11. The SMILES string of the molecule is CN=C(NCCOc1ccc(OC)cc1)NC(C)(C)C.I. The highest BCUT2D eigenvalue weighted by molar-refractivity contribution is 14.0. The molecule has 0 aromatic heterocycles. The molecule has 0 spiro atoms. The molecule has 0 heterocycles. The number of benzene rings is 1. The Morgan fingerprint density at radius 3 is 2.19 bits per heavy atom. The van der Waals surface area contributed by atoms with Crippen LogP contribution < -0.4 is 20.1 Å². The number of hydrogen-bond donors (Lipinski definition) is 2. The molecule has 21 heavy (non-hydrogen) atoms. The first-order valence-corrected chi connectivity index (χ1v) is 6.70. The van der Waals surface area contributed by atoms with Gasteiger partial charge < -0.3 is 20.1 Å². The van der Waals surface area contributed by atoms with Crippen LogP contribution in [0.15, 0.2) is 29.3 Å². The Balaban J connectivity index is 0.00000400. The van der Waals surface area contributed by atoms with E-state index in [9.17, 15) is 0 Å². The number of nitrogens with one attached hydrogen (secondary N) is 2. The van der Waals surface area contributed by atoms with Gasteiger partial charge in [-0.3, -0.25) is 4.99 Å². The van der Waals surface area contributed by atoms with Gasteiger partial charge in [-0.15, -0.1) is 24.0 Å². The molecule has 0 bridgehead atoms. The van der Waals surface area contributed by atoms with Gasteiger partial charge in [0, 0.05) is 12.6 Å². The number of rotatable bonds is 5. The van der Waals surface area contributed by atoms with Gasteiger partial charge >= 0.3 is 0 Å². The summed E-state index contributed by atoms with van der Waals surface area (Å²) in [5, 5.41) is 6.49. The summed E-state index contributed by atoms with van der Waals surface area (Å²) in [5.74, 6) is 2.42. The van der Waals surface area contributed by atoms with Crippen molar-refractivity contribution >= 4 is 29.9 Å². The van der Waals surface area contributed by atoms with Crippen LogP contribution in [0, 0.1) is 0 Å². The van der Waals surface area contributed by atoms with Crippen LogP contribution in [0.3, 0.4) is 0 Å².